The van der Waals surface area contributed by atoms with Gasteiger partial charge in [-0.3, -0.25) is 0 Å². The van der Waals surface area contributed by atoms with E-state index in [1.54, 1.807) is 0 Å². The van der Waals surface area contributed by atoms with Crippen LogP contribution >= 0.6 is 0 Å². The van der Waals surface area contributed by atoms with Crippen molar-refractivity contribution < 1.29 is 276 Å². The molecule has 0 radical (unpaired) electrons. The maximum atomic E-state index is 12.8. The molecular weight excluding hydrogens is 1380 g/mol. The normalized spacial score (nSPS) is 13.2. The number of benzene rings is 4. The van der Waals surface area contributed by atoms with E-state index in [-0.39, 0.29) is 215 Å². The van der Waals surface area contributed by atoms with Gasteiger partial charge in [-0.05, 0) is 99.5 Å². The van der Waals surface area contributed by atoms with Crippen molar-refractivity contribution in [2.45, 2.75) is 81.5 Å². The molecule has 6 rings (SSSR count). The Bertz CT molecular complexity index is 3960. The molecule has 0 aliphatic rings. The van der Waals surface area contributed by atoms with Crippen molar-refractivity contribution in [3.8, 4) is 0 Å². The number of nitrogens with one attached hydrogen (secondary N) is 4. The minimum atomic E-state index is -5.49. The van der Waals surface area contributed by atoms with E-state index in [2.05, 4.69) is 51.2 Å². The summed E-state index contributed by atoms with van der Waals surface area (Å²) < 4.78 is 221. The Morgan fingerprint density at radius 1 is 0.378 bits per heavy atom. The molecule has 456 valence electrons. The maximum Gasteiger partial charge on any atom is 1.00 e. The van der Waals surface area contributed by atoms with Crippen LogP contribution in [0.25, 0.3) is 12.2 Å². The van der Waals surface area contributed by atoms with E-state index in [4.69, 9.17) is 0 Å². The smallest absolute Gasteiger partial charge is 0.744 e. The molecule has 90 heavy (non-hydrogen) atoms. The molecule has 0 bridgehead atoms. The van der Waals surface area contributed by atoms with E-state index >= 15 is 0 Å². The first-order chi connectivity index (χ1) is 38.6. The zero-order chi connectivity index (χ0) is 62.7. The number of aromatic nitrogens is 6. The van der Waals surface area contributed by atoms with Crippen LogP contribution in [0.15, 0.2) is 102 Å². The molecule has 6 aromatic rings. The molecule has 2 heterocycles. The van der Waals surface area contributed by atoms with Gasteiger partial charge in [0.1, 0.15) is 60.7 Å². The van der Waals surface area contributed by atoms with Crippen LogP contribution in [-0.2, 0) is 60.7 Å². The van der Waals surface area contributed by atoms with Crippen LogP contribution in [0.2, 0.25) is 0 Å². The summed E-state index contributed by atoms with van der Waals surface area (Å²) in [5.41, 5.74) is -3.05. The van der Waals surface area contributed by atoms with E-state index in [1.807, 2.05) is 0 Å². The monoisotopic (exact) mass is 1420 g/mol. The third-order valence-corrected chi connectivity index (χ3v) is 16.0. The van der Waals surface area contributed by atoms with Gasteiger partial charge in [0, 0.05) is 37.6 Å². The topological polar surface area (TPSA) is 556 Å². The predicted octanol–water partition coefficient (Wildman–Crippen LogP) is -18.2. The minimum Gasteiger partial charge on any atom is -0.744 e. The summed E-state index contributed by atoms with van der Waals surface area (Å²) in [6.07, 6.45) is -2.67. The van der Waals surface area contributed by atoms with Crippen LogP contribution in [-0.4, -0.2) is 179 Å². The molecular formula is C44H46N12Na6O22S6. The fourth-order valence-electron chi connectivity index (χ4n) is 7.56. The quantitative estimate of drug-likeness (QED) is 0.0142. The number of hydrogen-bond donors (Lipinski definition) is 8. The maximum absolute atomic E-state index is 12.8. The Morgan fingerprint density at radius 3 is 0.889 bits per heavy atom. The first-order valence-corrected chi connectivity index (χ1v) is 31.9. The SMILES string of the molecule is CC(O)CN(CC(C)O)c1nc(Nc2ccc(C=Cc3ccc(Nc4nc(Nc5cc(S(=O)(=O)[O-])ccc5S(=O)(=O)[O-])nc(N(CC(C)O)CC(C)O)n4)cc3S(=O)(=O)[O-])c(S(=O)(=O)[O-])c2)nc(Nc2cc(S(=O)(=O)[O-])ccc2S(=O)(=O)[O-])n1.[Na+].[Na+].[Na+].[Na+].[Na+].[Na+]. The summed E-state index contributed by atoms with van der Waals surface area (Å²) in [6.45, 7) is 4.24. The molecule has 4 unspecified atom stereocenters. The molecule has 0 fully saturated rings. The van der Waals surface area contributed by atoms with E-state index in [1.165, 1.54) is 37.5 Å². The fourth-order valence-corrected chi connectivity index (χ4v) is 11.2. The molecule has 0 spiro atoms. The molecule has 4 atom stereocenters. The van der Waals surface area contributed by atoms with E-state index in [0.29, 0.717) is 36.4 Å². The van der Waals surface area contributed by atoms with Gasteiger partial charge in [0.15, 0.2) is 0 Å². The third-order valence-electron chi connectivity index (χ3n) is 10.8. The predicted molar refractivity (Wildman–Crippen MR) is 286 cm³/mol. The largest absolute Gasteiger partial charge is 1.00 e. The Balaban J connectivity index is 0.0000132. The van der Waals surface area contributed by atoms with Gasteiger partial charge in [0.05, 0.1) is 65.2 Å². The molecule has 8 N–H and O–H groups in total. The van der Waals surface area contributed by atoms with Crippen LogP contribution in [0.4, 0.5) is 58.4 Å². The fraction of sp³-hybridized carbons (Fsp3) is 0.273. The van der Waals surface area contributed by atoms with E-state index in [0.717, 1.165) is 48.6 Å². The summed E-state index contributed by atoms with van der Waals surface area (Å²) >= 11 is 0. The molecule has 4 aromatic carbocycles. The first-order valence-electron chi connectivity index (χ1n) is 23.5. The van der Waals surface area contributed by atoms with Gasteiger partial charge < -0.3 is 78.8 Å². The van der Waals surface area contributed by atoms with Crippen molar-refractivity contribution in [1.82, 2.24) is 29.9 Å². The molecule has 0 saturated heterocycles. The molecule has 46 heteroatoms. The second-order valence-corrected chi connectivity index (χ2v) is 26.3. The van der Waals surface area contributed by atoms with Crippen LogP contribution in [0.1, 0.15) is 38.8 Å². The molecule has 0 aliphatic carbocycles. The standard InChI is InChI=1S/C44H52N12O22S6.6Na/c1-23(57)19-55(20-24(2)58)43-51-39(49-41(53-43)47-33-17-31(79(61,62)63)11-13-35(33)81(67,68)69)45-29-9-7-27(37(15-29)83(73,74)75)5-6-28-8-10-30(16-38(28)84(76,77)78)46-40-50-42(54-44(52-40)56(21-25(3)59)22-26(4)60)48-34-18-32(80(64,65)66)12-14-36(34)82(70,71)72;;;;;;/h5-18,23-26,57-60H,19-22H2,1-4H3,(H,61,62,63)(H,64,65,66)(H,67,68,69)(H,70,71,72)(H,73,74,75)(H,76,77,78)(H2,45,47,49,51,53)(H2,46,48,50,52,54);;;;;;/q;6*+1/p-6. The van der Waals surface area contributed by atoms with Gasteiger partial charge in [-0.2, -0.15) is 29.9 Å². The Hall–Kier alpha value is -1.26. The Labute approximate surface area is 650 Å². The second kappa shape index (κ2) is 36.4. The number of anilines is 10. The molecule has 0 aliphatic heterocycles. The second-order valence-electron chi connectivity index (χ2n) is 18.2. The zero-order valence-electron chi connectivity index (χ0n) is 49.4. The summed E-state index contributed by atoms with van der Waals surface area (Å²) in [5, 5.41) is 50.8. The number of hydrogen-bond acceptors (Lipinski definition) is 34. The van der Waals surface area contributed by atoms with Crippen molar-refractivity contribution >= 4 is 131 Å². The van der Waals surface area contributed by atoms with Gasteiger partial charge >= 0.3 is 177 Å². The number of aliphatic hydroxyl groups is 4. The average Bonchev–Trinajstić information content (AvgIpc) is 0.931. The van der Waals surface area contributed by atoms with Crippen LogP contribution in [0.3, 0.4) is 0 Å². The third kappa shape index (κ3) is 26.3. The zero-order valence-corrected chi connectivity index (χ0v) is 66.3. The van der Waals surface area contributed by atoms with Crippen LogP contribution < -0.4 is 208 Å². The number of aliphatic hydroxyl groups excluding tert-OH is 4. The van der Waals surface area contributed by atoms with Crippen molar-refractivity contribution in [2.24, 2.45) is 0 Å². The minimum absolute atomic E-state index is 0. The molecule has 34 nitrogen and oxygen atoms in total. The Morgan fingerprint density at radius 2 is 0.644 bits per heavy atom. The average molecular weight is 1430 g/mol. The van der Waals surface area contributed by atoms with Crippen LogP contribution in [0.5, 0.6) is 0 Å². The molecule has 0 saturated carbocycles. The number of nitrogens with zero attached hydrogens (tertiary/aromatic N) is 8. The number of rotatable bonds is 26. The summed E-state index contributed by atoms with van der Waals surface area (Å²) in [7, 11) is -32.3. The van der Waals surface area contributed by atoms with E-state index in [9.17, 15) is 98.2 Å². The summed E-state index contributed by atoms with van der Waals surface area (Å²) in [4.78, 5) is 21.1. The summed E-state index contributed by atoms with van der Waals surface area (Å²) in [6, 6.07) is 8.97. The van der Waals surface area contributed by atoms with Crippen molar-refractivity contribution in [3.63, 3.8) is 0 Å². The first kappa shape index (κ1) is 88.7. The van der Waals surface area contributed by atoms with Crippen LogP contribution in [0, 0.1) is 0 Å². The molecule has 2 aromatic heterocycles. The van der Waals surface area contributed by atoms with Crippen molar-refractivity contribution in [3.05, 3.63) is 83.9 Å². The molecule has 0 amide bonds. The summed E-state index contributed by atoms with van der Waals surface area (Å²) in [5.74, 6) is -3.30. The van der Waals surface area contributed by atoms with E-state index < -0.39 is 173 Å². The Kier molecular flexibility index (Phi) is 35.9. The van der Waals surface area contributed by atoms with Gasteiger partial charge in [-0.1, -0.05) is 24.3 Å². The van der Waals surface area contributed by atoms with Gasteiger partial charge in [-0.15, -0.1) is 0 Å². The van der Waals surface area contributed by atoms with Gasteiger partial charge in [0.25, 0.3) is 0 Å². The van der Waals surface area contributed by atoms with Crippen molar-refractivity contribution in [2.75, 3.05) is 57.2 Å². The van der Waals surface area contributed by atoms with Gasteiger partial charge in [-0.25, -0.2) is 50.5 Å². The van der Waals surface area contributed by atoms with Gasteiger partial charge in [0.2, 0.25) is 35.7 Å². The van der Waals surface area contributed by atoms with Crippen molar-refractivity contribution in [1.29, 1.82) is 0 Å².